The fraction of sp³-hybridized carbons (Fsp3) is 0.0282. The predicted molar refractivity (Wildman–Crippen MR) is 329 cm³/mol. The molecule has 12 aromatic rings. The Labute approximate surface area is 460 Å². The third kappa shape index (κ3) is 11.3. The number of hydrogen-bond acceptors (Lipinski definition) is 7. The second-order valence-electron chi connectivity index (χ2n) is 19.1. The van der Waals surface area contributed by atoms with E-state index in [-0.39, 0.29) is 10.6 Å². The lowest BCUT2D eigenvalue weighted by molar-refractivity contribution is -0.384. The monoisotopic (exact) mass is 1020 g/mol. The SMILES string of the molecule is CN(c1ccc(-c2ccc(N(c3ccccc3)c3ccc4ccccc4c3)cc2)cc1)c1cccc([N+](=O)[O-])c1.CN(c1ccc(C#N)cc1)c1ccc(-c2ccc(N(c3ccccc3)c3ccc4ccccc4c3)cc2)cc1. The molecule has 0 unspecified atom stereocenters. The molecule has 0 radical (unpaired) electrons. The molecule has 0 atom stereocenters. The molecule has 0 aliphatic rings. The van der Waals surface area contributed by atoms with Gasteiger partial charge in [-0.2, -0.15) is 5.26 Å². The molecule has 79 heavy (non-hydrogen) atoms. The second kappa shape index (κ2) is 23.0. The van der Waals surface area contributed by atoms with Gasteiger partial charge in [0, 0.05) is 83.1 Å². The Bertz CT molecular complexity index is 4070. The van der Waals surface area contributed by atoms with Crippen molar-refractivity contribution in [1.82, 2.24) is 0 Å². The molecule has 0 spiro atoms. The maximum Gasteiger partial charge on any atom is 0.271 e. The van der Waals surface area contributed by atoms with E-state index in [4.69, 9.17) is 5.26 Å². The van der Waals surface area contributed by atoms with Crippen LogP contribution in [0.2, 0.25) is 0 Å². The van der Waals surface area contributed by atoms with E-state index in [9.17, 15) is 10.1 Å². The Hall–Kier alpha value is -10.8. The first-order chi connectivity index (χ1) is 38.8. The van der Waals surface area contributed by atoms with Crippen LogP contribution in [0.5, 0.6) is 0 Å². The summed E-state index contributed by atoms with van der Waals surface area (Å²) < 4.78 is 0. The molecule has 0 saturated heterocycles. The average molecular weight is 1020 g/mol. The van der Waals surface area contributed by atoms with Gasteiger partial charge in [0.1, 0.15) is 0 Å². The van der Waals surface area contributed by atoms with Crippen molar-refractivity contribution in [3.05, 3.63) is 307 Å². The van der Waals surface area contributed by atoms with Crippen LogP contribution in [0.4, 0.5) is 62.6 Å². The number of non-ortho nitro benzene ring substituents is 1. The van der Waals surface area contributed by atoms with Gasteiger partial charge in [-0.3, -0.25) is 10.1 Å². The standard InChI is InChI=1S/C36H27N3.C35H27N3O2/c1-38(32-18-11-27(26-37)12-19-32)33-20-13-29(14-21-33)30-15-22-35(23-16-30)39(34-9-3-2-4-10-34)36-24-17-28-7-5-6-8-31(28)25-36;1-36(33-12-7-13-35(25-33)38(39)40)30-19-14-27(15-20-30)28-16-21-32(22-17-28)37(31-10-3-2-4-11-31)34-23-18-26-8-5-6-9-29(26)24-34/h2-25H,1H3;2-25H,1H3. The molecule has 0 N–H and O–H groups in total. The number of benzene rings is 12. The summed E-state index contributed by atoms with van der Waals surface area (Å²) in [5.41, 5.74) is 15.8. The number of anilines is 10. The highest BCUT2D eigenvalue weighted by Crippen LogP contribution is 2.40. The van der Waals surface area contributed by atoms with Crippen LogP contribution in [0.1, 0.15) is 5.56 Å². The normalized spacial score (nSPS) is 10.7. The van der Waals surface area contributed by atoms with Gasteiger partial charge in [-0.1, -0.05) is 152 Å². The molecule has 8 nitrogen and oxygen atoms in total. The van der Waals surface area contributed by atoms with Gasteiger partial charge in [-0.15, -0.1) is 0 Å². The van der Waals surface area contributed by atoms with Crippen LogP contribution in [0.15, 0.2) is 291 Å². The predicted octanol–water partition coefficient (Wildman–Crippen LogP) is 19.3. The van der Waals surface area contributed by atoms with Gasteiger partial charge in [0.2, 0.25) is 0 Å². The Morgan fingerprint density at radius 2 is 0.633 bits per heavy atom. The summed E-state index contributed by atoms with van der Waals surface area (Å²) in [6, 6.07) is 102. The molecule has 0 fully saturated rings. The van der Waals surface area contributed by atoms with Gasteiger partial charge in [-0.05, 0) is 171 Å². The molecule has 12 rings (SSSR count). The van der Waals surface area contributed by atoms with E-state index < -0.39 is 0 Å². The van der Waals surface area contributed by atoms with Gasteiger partial charge in [-0.25, -0.2) is 0 Å². The summed E-state index contributed by atoms with van der Waals surface area (Å²) >= 11 is 0. The minimum absolute atomic E-state index is 0.0781. The van der Waals surface area contributed by atoms with Crippen LogP contribution in [-0.4, -0.2) is 19.0 Å². The van der Waals surface area contributed by atoms with E-state index in [1.54, 1.807) is 12.1 Å². The van der Waals surface area contributed by atoms with Gasteiger partial charge in [0.05, 0.1) is 16.6 Å². The lowest BCUT2D eigenvalue weighted by atomic mass is 10.0. The van der Waals surface area contributed by atoms with E-state index in [0.29, 0.717) is 5.56 Å². The van der Waals surface area contributed by atoms with Crippen LogP contribution in [0.25, 0.3) is 43.8 Å². The first kappa shape index (κ1) is 50.4. The third-order valence-corrected chi connectivity index (χ3v) is 14.2. The Balaban J connectivity index is 0.000000167. The maximum absolute atomic E-state index is 11.2. The summed E-state index contributed by atoms with van der Waals surface area (Å²) in [4.78, 5) is 19.4. The highest BCUT2D eigenvalue weighted by Gasteiger charge is 2.16. The molecule has 0 bridgehead atoms. The fourth-order valence-electron chi connectivity index (χ4n) is 9.91. The van der Waals surface area contributed by atoms with Gasteiger partial charge in [0.15, 0.2) is 0 Å². The molecular formula is C71H54N6O2. The number of hydrogen-bond donors (Lipinski definition) is 0. The quantitative estimate of drug-likeness (QED) is 0.0841. The smallest absolute Gasteiger partial charge is 0.271 e. The minimum Gasteiger partial charge on any atom is -0.345 e. The minimum atomic E-state index is -0.372. The zero-order valence-electron chi connectivity index (χ0n) is 43.7. The van der Waals surface area contributed by atoms with Crippen molar-refractivity contribution >= 4 is 84.1 Å². The molecule has 0 aromatic heterocycles. The van der Waals surface area contributed by atoms with Crippen LogP contribution in [0, 0.1) is 21.4 Å². The van der Waals surface area contributed by atoms with Gasteiger partial charge in [0.25, 0.3) is 5.69 Å². The van der Waals surface area contributed by atoms with Crippen molar-refractivity contribution in [3.8, 4) is 28.3 Å². The maximum atomic E-state index is 11.2. The number of nitro benzene ring substituents is 1. The number of para-hydroxylation sites is 2. The van der Waals surface area contributed by atoms with Gasteiger partial charge >= 0.3 is 0 Å². The first-order valence-corrected chi connectivity index (χ1v) is 26.1. The van der Waals surface area contributed by atoms with E-state index in [0.717, 1.165) is 79.1 Å². The third-order valence-electron chi connectivity index (χ3n) is 14.2. The van der Waals surface area contributed by atoms with E-state index in [1.165, 1.54) is 27.6 Å². The molecule has 0 aliphatic carbocycles. The zero-order valence-corrected chi connectivity index (χ0v) is 43.7. The summed E-state index contributed by atoms with van der Waals surface area (Å²) in [5, 5.41) is 25.1. The van der Waals surface area contributed by atoms with Crippen molar-refractivity contribution in [2.45, 2.75) is 0 Å². The Morgan fingerprint density at radius 3 is 1.03 bits per heavy atom. The molecule has 0 saturated carbocycles. The molecule has 0 amide bonds. The zero-order chi connectivity index (χ0) is 54.1. The van der Waals surface area contributed by atoms with E-state index in [2.05, 4.69) is 239 Å². The molecule has 0 aliphatic heterocycles. The van der Waals surface area contributed by atoms with Gasteiger partial charge < -0.3 is 19.6 Å². The summed E-state index contributed by atoms with van der Waals surface area (Å²) in [6.45, 7) is 0. The molecule has 8 heteroatoms. The fourth-order valence-corrected chi connectivity index (χ4v) is 9.91. The molecular weight excluding hydrogens is 969 g/mol. The summed E-state index contributed by atoms with van der Waals surface area (Å²) in [5.74, 6) is 0. The highest BCUT2D eigenvalue weighted by molar-refractivity contribution is 5.91. The topological polar surface area (TPSA) is 79.9 Å². The molecule has 12 aromatic carbocycles. The first-order valence-electron chi connectivity index (χ1n) is 26.1. The van der Waals surface area contributed by atoms with Crippen molar-refractivity contribution in [2.75, 3.05) is 33.7 Å². The Kier molecular flexibility index (Phi) is 14.7. The van der Waals surface area contributed by atoms with Crippen LogP contribution in [0.3, 0.4) is 0 Å². The van der Waals surface area contributed by atoms with Crippen molar-refractivity contribution in [2.24, 2.45) is 0 Å². The number of fused-ring (bicyclic) bond motifs is 2. The Morgan fingerprint density at radius 1 is 0.316 bits per heavy atom. The van der Waals surface area contributed by atoms with Crippen molar-refractivity contribution < 1.29 is 4.92 Å². The number of rotatable bonds is 13. The van der Waals surface area contributed by atoms with Crippen molar-refractivity contribution in [3.63, 3.8) is 0 Å². The lowest BCUT2D eigenvalue weighted by Crippen LogP contribution is -2.09. The largest absolute Gasteiger partial charge is 0.345 e. The van der Waals surface area contributed by atoms with E-state index in [1.807, 2.05) is 73.6 Å². The highest BCUT2D eigenvalue weighted by atomic mass is 16.6. The molecule has 380 valence electrons. The number of nitrogens with zero attached hydrogens (tertiary/aromatic N) is 6. The molecule has 0 heterocycles. The number of nitriles is 1. The van der Waals surface area contributed by atoms with Crippen LogP contribution < -0.4 is 19.6 Å². The van der Waals surface area contributed by atoms with Crippen molar-refractivity contribution in [1.29, 1.82) is 5.26 Å². The van der Waals surface area contributed by atoms with Crippen LogP contribution >= 0.6 is 0 Å². The van der Waals surface area contributed by atoms with Crippen LogP contribution in [-0.2, 0) is 0 Å². The lowest BCUT2D eigenvalue weighted by Gasteiger charge is -2.26. The van der Waals surface area contributed by atoms with E-state index >= 15 is 0 Å². The summed E-state index contributed by atoms with van der Waals surface area (Å²) in [7, 11) is 3.95. The summed E-state index contributed by atoms with van der Waals surface area (Å²) in [6.07, 6.45) is 0. The average Bonchev–Trinajstić information content (AvgIpc) is 3.56. The second-order valence-corrected chi connectivity index (χ2v) is 19.1. The number of nitro groups is 1.